The summed E-state index contributed by atoms with van der Waals surface area (Å²) in [4.78, 5) is 14.6. The summed E-state index contributed by atoms with van der Waals surface area (Å²) in [5.41, 5.74) is -0.462. The van der Waals surface area contributed by atoms with Gasteiger partial charge in [0.05, 0.1) is 16.8 Å². The molecule has 0 aliphatic carbocycles. The van der Waals surface area contributed by atoms with Crippen molar-refractivity contribution in [1.82, 2.24) is 0 Å². The van der Waals surface area contributed by atoms with Crippen LogP contribution in [0, 0.1) is 0 Å². The predicted octanol–water partition coefficient (Wildman–Crippen LogP) is 1.68. The third-order valence-electron chi connectivity index (χ3n) is 7.58. The number of morpholine rings is 1. The van der Waals surface area contributed by atoms with Gasteiger partial charge < -0.3 is 36.0 Å². The highest BCUT2D eigenvalue weighted by Gasteiger charge is 2.72. The van der Waals surface area contributed by atoms with Crippen molar-refractivity contribution in [2.24, 2.45) is 0 Å². The minimum absolute atomic E-state index is 0. The molecule has 0 radical (unpaired) electrons. The van der Waals surface area contributed by atoms with Gasteiger partial charge in [-0.3, -0.25) is 0 Å². The van der Waals surface area contributed by atoms with Gasteiger partial charge in [0.15, 0.2) is 0 Å². The number of benzene rings is 1. The fraction of sp³-hybridized carbons (Fsp3) is 0.400. The monoisotopic (exact) mass is 625 g/mol. The van der Waals surface area contributed by atoms with Crippen LogP contribution in [-0.4, -0.2) is 53.0 Å². The molecule has 4 atom stereocenters. The van der Waals surface area contributed by atoms with E-state index in [1.807, 2.05) is 29.0 Å². The van der Waals surface area contributed by atoms with Gasteiger partial charge in [-0.25, -0.2) is 4.79 Å². The van der Waals surface area contributed by atoms with E-state index in [9.17, 15) is 9.90 Å². The zero-order valence-electron chi connectivity index (χ0n) is 18.5. The quantitative estimate of drug-likeness (QED) is 0.257. The molecule has 2 aromatic heterocycles. The molecule has 1 aromatic carbocycles. The summed E-state index contributed by atoms with van der Waals surface area (Å²) in [6, 6.07) is 16.3. The second kappa shape index (κ2) is 9.10. The van der Waals surface area contributed by atoms with Crippen LogP contribution >= 0.6 is 38.6 Å². The van der Waals surface area contributed by atoms with Crippen LogP contribution in [0.1, 0.15) is 28.2 Å². The summed E-state index contributed by atoms with van der Waals surface area (Å²) in [6.07, 6.45) is 1.76. The van der Waals surface area contributed by atoms with Gasteiger partial charge in [0.2, 0.25) is 5.60 Å². The van der Waals surface area contributed by atoms with Crippen molar-refractivity contribution < 1.29 is 40.8 Å². The Morgan fingerprint density at radius 2 is 1.74 bits per heavy atom. The van der Waals surface area contributed by atoms with Gasteiger partial charge in [-0.05, 0) is 35.0 Å². The smallest absolute Gasteiger partial charge is 0.349 e. The largest absolute Gasteiger partial charge is 1.00 e. The number of epoxide rings is 1. The van der Waals surface area contributed by atoms with Crippen LogP contribution in [-0.2, 0) is 26.4 Å². The third-order valence-corrected chi connectivity index (χ3v) is 10.0. The van der Waals surface area contributed by atoms with Crippen LogP contribution in [0.4, 0.5) is 0 Å². The second-order valence-electron chi connectivity index (χ2n) is 9.50. The number of thiophene rings is 2. The van der Waals surface area contributed by atoms with Gasteiger partial charge >= 0.3 is 5.97 Å². The molecule has 0 amide bonds. The molecular weight excluding hydrogens is 602 g/mol. The number of hydrogen-bond donors (Lipinski definition) is 1. The van der Waals surface area contributed by atoms with Crippen molar-refractivity contribution in [3.05, 3.63) is 79.1 Å². The lowest BCUT2D eigenvalue weighted by molar-refractivity contribution is -0.968. The summed E-state index contributed by atoms with van der Waals surface area (Å²) in [6.45, 7) is 0.931. The number of piperidine rings is 1. The van der Waals surface area contributed by atoms with Crippen molar-refractivity contribution in [3.8, 4) is 0 Å². The Labute approximate surface area is 225 Å². The fourth-order valence-electron chi connectivity index (χ4n) is 5.94. The topological polar surface area (TPSA) is 59.1 Å². The Bertz CT molecular complexity index is 1120. The number of nitrogens with zero attached hydrogens (tertiary/aromatic N) is 1. The van der Waals surface area contributed by atoms with Crippen molar-refractivity contribution in [2.45, 2.75) is 55.4 Å². The zero-order valence-corrected chi connectivity index (χ0v) is 23.3. The Kier molecular flexibility index (Phi) is 6.59. The molecule has 6 rings (SSSR count). The maximum absolute atomic E-state index is 13.4. The van der Waals surface area contributed by atoms with E-state index < -0.39 is 11.6 Å². The zero-order chi connectivity index (χ0) is 22.8. The first-order valence-electron chi connectivity index (χ1n) is 11.2. The number of quaternary nitrogens is 1. The van der Waals surface area contributed by atoms with Crippen molar-refractivity contribution >= 4 is 44.6 Å². The average Bonchev–Trinajstić information content (AvgIpc) is 3.13. The Morgan fingerprint density at radius 1 is 1.12 bits per heavy atom. The Balaban J connectivity index is 0.00000241. The van der Waals surface area contributed by atoms with E-state index in [0.717, 1.165) is 28.3 Å². The second-order valence-corrected chi connectivity index (χ2v) is 12.3. The van der Waals surface area contributed by atoms with Crippen LogP contribution < -0.4 is 17.0 Å². The van der Waals surface area contributed by atoms with Crippen molar-refractivity contribution in [2.75, 3.05) is 7.05 Å². The molecule has 180 valence electrons. The van der Waals surface area contributed by atoms with Crippen molar-refractivity contribution in [3.63, 3.8) is 0 Å². The standard InChI is InChI=1S/C25H25BrNO4S2.BrH/c1-27(14-15-5-2-6-16(26)11-15)18-12-17(13-19(27)23-22(18)31-23)30-24(28)25(29,20-7-3-9-32-20)21-8-4-10-33-21;/h2-11,17-19,22-23,29H,12-14H2,1H3;1H/q+1;/p-1. The number of esters is 1. The maximum Gasteiger partial charge on any atom is 0.349 e. The molecule has 3 aliphatic rings. The van der Waals surface area contributed by atoms with E-state index in [4.69, 9.17) is 9.47 Å². The number of ether oxygens (including phenoxy) is 2. The van der Waals surface area contributed by atoms with Crippen LogP contribution in [0.15, 0.2) is 63.8 Å². The number of likely N-dealkylation sites (N-methyl/N-ethyl adjacent to an activating group) is 1. The lowest BCUT2D eigenvalue weighted by atomic mass is 9.93. The first kappa shape index (κ1) is 24.6. The van der Waals surface area contributed by atoms with Crippen LogP contribution in [0.5, 0.6) is 0 Å². The average molecular weight is 627 g/mol. The molecule has 3 aromatic rings. The summed E-state index contributed by atoms with van der Waals surface area (Å²) in [5.74, 6) is -0.575. The van der Waals surface area contributed by atoms with Gasteiger partial charge in [0.1, 0.15) is 36.9 Å². The van der Waals surface area contributed by atoms with E-state index >= 15 is 0 Å². The summed E-state index contributed by atoms with van der Waals surface area (Å²) >= 11 is 6.33. The van der Waals surface area contributed by atoms with E-state index in [1.54, 1.807) is 12.1 Å². The molecule has 5 heterocycles. The van der Waals surface area contributed by atoms with Crippen LogP contribution in [0.3, 0.4) is 0 Å². The first-order chi connectivity index (χ1) is 15.9. The van der Waals surface area contributed by atoms with E-state index in [2.05, 4.69) is 41.2 Å². The number of aliphatic hydroxyl groups is 1. The number of carbonyl (C=O) groups is 1. The molecule has 2 bridgehead atoms. The minimum atomic E-state index is -1.76. The molecule has 4 unspecified atom stereocenters. The van der Waals surface area contributed by atoms with Gasteiger partial charge in [-0.1, -0.05) is 40.2 Å². The Hall–Kier alpha value is -1.07. The highest BCUT2D eigenvalue weighted by atomic mass is 79.9. The molecule has 3 aliphatic heterocycles. The maximum atomic E-state index is 13.4. The lowest BCUT2D eigenvalue weighted by Gasteiger charge is -2.48. The first-order valence-corrected chi connectivity index (χ1v) is 13.7. The van der Waals surface area contributed by atoms with E-state index in [1.165, 1.54) is 28.2 Å². The molecular formula is C25H25Br2NO4S2. The lowest BCUT2D eigenvalue weighted by Crippen LogP contribution is -3.00. The van der Waals surface area contributed by atoms with Gasteiger partial charge in [0.25, 0.3) is 0 Å². The van der Waals surface area contributed by atoms with Crippen LogP contribution in [0.25, 0.3) is 0 Å². The Morgan fingerprint density at radius 3 is 2.26 bits per heavy atom. The van der Waals surface area contributed by atoms with E-state index in [0.29, 0.717) is 9.75 Å². The molecule has 0 spiro atoms. The molecule has 3 saturated heterocycles. The van der Waals surface area contributed by atoms with Gasteiger partial charge in [-0.2, -0.15) is 0 Å². The van der Waals surface area contributed by atoms with E-state index in [-0.39, 0.29) is 47.4 Å². The highest BCUT2D eigenvalue weighted by Crippen LogP contribution is 2.54. The number of rotatable bonds is 6. The molecule has 34 heavy (non-hydrogen) atoms. The SMILES string of the molecule is C[N+]1(Cc2cccc(Br)c2)C2CC(OC(=O)C(O)(c3cccs3)c3cccs3)CC1C1OC12.[Br-]. The molecule has 3 fully saturated rings. The molecule has 1 N–H and O–H groups in total. The van der Waals surface area contributed by atoms with Gasteiger partial charge in [-0.15, -0.1) is 22.7 Å². The summed E-state index contributed by atoms with van der Waals surface area (Å²) in [5, 5.41) is 15.3. The number of carbonyl (C=O) groups excluding carboxylic acids is 1. The summed E-state index contributed by atoms with van der Waals surface area (Å²) < 4.78 is 14.1. The molecule has 5 nitrogen and oxygen atoms in total. The van der Waals surface area contributed by atoms with Gasteiger partial charge in [0, 0.05) is 22.9 Å². The fourth-order valence-corrected chi connectivity index (χ4v) is 8.11. The molecule has 9 heteroatoms. The number of hydrogen-bond acceptors (Lipinski definition) is 6. The predicted molar refractivity (Wildman–Crippen MR) is 131 cm³/mol. The highest BCUT2D eigenvalue weighted by molar-refractivity contribution is 9.10. The van der Waals surface area contributed by atoms with Crippen LogP contribution in [0.2, 0.25) is 0 Å². The third kappa shape index (κ3) is 3.93. The normalized spacial score (nSPS) is 31.4. The number of fused-ring (bicyclic) bond motifs is 5. The minimum Gasteiger partial charge on any atom is -1.00 e. The summed E-state index contributed by atoms with van der Waals surface area (Å²) in [7, 11) is 2.32. The molecule has 0 saturated carbocycles. The van der Waals surface area contributed by atoms with Crippen molar-refractivity contribution in [1.29, 1.82) is 0 Å². The number of halogens is 2.